The summed E-state index contributed by atoms with van der Waals surface area (Å²) in [5.41, 5.74) is 1.32. The molecule has 138 valence electrons. The van der Waals surface area contributed by atoms with Gasteiger partial charge < -0.3 is 15.5 Å². The second-order valence-corrected chi connectivity index (χ2v) is 6.52. The van der Waals surface area contributed by atoms with Crippen LogP contribution in [0.15, 0.2) is 36.7 Å². The van der Waals surface area contributed by atoms with Gasteiger partial charge in [-0.2, -0.15) is 5.10 Å². The van der Waals surface area contributed by atoms with Crippen molar-refractivity contribution in [2.24, 2.45) is 0 Å². The highest BCUT2D eigenvalue weighted by Crippen LogP contribution is 2.24. The highest BCUT2D eigenvalue weighted by Gasteiger charge is 2.34. The third kappa shape index (κ3) is 3.84. The molecule has 3 rings (SSSR count). The molecule has 0 bridgehead atoms. The van der Waals surface area contributed by atoms with Crippen LogP contribution in [-0.4, -0.2) is 39.7 Å². The second kappa shape index (κ2) is 7.55. The molecule has 0 unspecified atom stereocenters. The molecule has 1 aromatic carbocycles. The van der Waals surface area contributed by atoms with Crippen LogP contribution in [0.25, 0.3) is 0 Å². The van der Waals surface area contributed by atoms with Gasteiger partial charge in [0.1, 0.15) is 11.9 Å². The van der Waals surface area contributed by atoms with Gasteiger partial charge >= 0.3 is 6.03 Å². The van der Waals surface area contributed by atoms with E-state index in [2.05, 4.69) is 15.7 Å². The number of piperazine rings is 1. The van der Waals surface area contributed by atoms with Gasteiger partial charge in [0.05, 0.1) is 6.20 Å². The van der Waals surface area contributed by atoms with Crippen LogP contribution in [0, 0.1) is 5.82 Å². The number of benzene rings is 1. The zero-order valence-electron chi connectivity index (χ0n) is 14.8. The Hall–Kier alpha value is -2.90. The van der Waals surface area contributed by atoms with E-state index in [1.165, 1.54) is 23.1 Å². The maximum Gasteiger partial charge on any atom is 0.318 e. The van der Waals surface area contributed by atoms with Crippen LogP contribution >= 0.6 is 0 Å². The maximum absolute atomic E-state index is 13.6. The van der Waals surface area contributed by atoms with Crippen LogP contribution in [0.3, 0.4) is 0 Å². The summed E-state index contributed by atoms with van der Waals surface area (Å²) in [6.07, 6.45) is 3.57. The van der Waals surface area contributed by atoms with Crippen LogP contribution in [-0.2, 0) is 11.3 Å². The van der Waals surface area contributed by atoms with E-state index in [1.807, 2.05) is 24.7 Å². The summed E-state index contributed by atoms with van der Waals surface area (Å²) in [4.78, 5) is 26.4. The number of nitrogens with one attached hydrogen (secondary N) is 2. The van der Waals surface area contributed by atoms with Gasteiger partial charge in [0, 0.05) is 37.4 Å². The molecule has 7 nitrogen and oxygen atoms in total. The number of urea groups is 1. The van der Waals surface area contributed by atoms with Crippen LogP contribution < -0.4 is 10.6 Å². The smallest absolute Gasteiger partial charge is 0.318 e. The first-order valence-electron chi connectivity index (χ1n) is 8.56. The minimum absolute atomic E-state index is 0.239. The minimum Gasteiger partial charge on any atom is -0.352 e. The Kier molecular flexibility index (Phi) is 5.20. The van der Waals surface area contributed by atoms with Gasteiger partial charge in [-0.25, -0.2) is 9.18 Å². The van der Waals surface area contributed by atoms with Crippen molar-refractivity contribution in [2.75, 3.05) is 13.1 Å². The van der Waals surface area contributed by atoms with E-state index in [1.54, 1.807) is 12.3 Å². The van der Waals surface area contributed by atoms with Gasteiger partial charge in [-0.3, -0.25) is 9.48 Å². The molecule has 0 radical (unpaired) electrons. The van der Waals surface area contributed by atoms with E-state index in [9.17, 15) is 14.0 Å². The Morgan fingerprint density at radius 2 is 2.27 bits per heavy atom. The average Bonchev–Trinajstić information content (AvgIpc) is 3.09. The Balaban J connectivity index is 1.72. The first-order valence-corrected chi connectivity index (χ1v) is 8.56. The van der Waals surface area contributed by atoms with Crippen molar-refractivity contribution in [3.8, 4) is 0 Å². The Bertz CT molecular complexity index is 804. The van der Waals surface area contributed by atoms with Crippen molar-refractivity contribution in [2.45, 2.75) is 32.5 Å². The zero-order chi connectivity index (χ0) is 18.7. The van der Waals surface area contributed by atoms with Crippen LogP contribution in [0.2, 0.25) is 0 Å². The molecule has 0 aliphatic carbocycles. The molecule has 0 spiro atoms. The molecule has 1 aromatic heterocycles. The lowest BCUT2D eigenvalue weighted by Gasteiger charge is -2.35. The molecule has 2 heterocycles. The Morgan fingerprint density at radius 1 is 1.46 bits per heavy atom. The third-order valence-electron chi connectivity index (χ3n) is 4.27. The summed E-state index contributed by atoms with van der Waals surface area (Å²) in [5.74, 6) is -0.757. The van der Waals surface area contributed by atoms with Gasteiger partial charge in [0.25, 0.3) is 0 Å². The fourth-order valence-corrected chi connectivity index (χ4v) is 2.92. The fraction of sp³-hybridized carbons (Fsp3) is 0.389. The standard InChI is InChI=1S/C18H22FN5O2/c1-12(2)24-11-13(10-22-24)9-21-18(26)23-7-6-20-17(25)16(23)14-4-3-5-15(19)8-14/h3-5,8,10-12,16H,6-7,9H2,1-2H3,(H,20,25)(H,21,26)/t16-/m0/s1. The molecule has 0 saturated carbocycles. The van der Waals surface area contributed by atoms with Crippen molar-refractivity contribution >= 4 is 11.9 Å². The van der Waals surface area contributed by atoms with Crippen molar-refractivity contribution in [3.63, 3.8) is 0 Å². The highest BCUT2D eigenvalue weighted by molar-refractivity contribution is 5.89. The predicted octanol–water partition coefficient (Wildman–Crippen LogP) is 1.99. The molecule has 1 saturated heterocycles. The molecule has 1 atom stereocenters. The number of halogens is 1. The summed E-state index contributed by atoms with van der Waals surface area (Å²) in [5, 5.41) is 9.78. The summed E-state index contributed by atoms with van der Waals surface area (Å²) in [7, 11) is 0. The van der Waals surface area contributed by atoms with Gasteiger partial charge in [-0.1, -0.05) is 12.1 Å². The Morgan fingerprint density at radius 3 is 2.96 bits per heavy atom. The Labute approximate surface area is 151 Å². The SMILES string of the molecule is CC(C)n1cc(CNC(=O)N2CCNC(=O)[C@@H]2c2cccc(F)c2)cn1. The number of aromatic nitrogens is 2. The fourth-order valence-electron chi connectivity index (χ4n) is 2.92. The topological polar surface area (TPSA) is 79.3 Å². The zero-order valence-corrected chi connectivity index (χ0v) is 14.8. The van der Waals surface area contributed by atoms with Crippen molar-refractivity contribution in [1.82, 2.24) is 25.3 Å². The van der Waals surface area contributed by atoms with Crippen molar-refractivity contribution in [3.05, 3.63) is 53.6 Å². The van der Waals surface area contributed by atoms with Gasteiger partial charge in [0.2, 0.25) is 5.91 Å². The summed E-state index contributed by atoms with van der Waals surface area (Å²) >= 11 is 0. The summed E-state index contributed by atoms with van der Waals surface area (Å²) in [6.45, 7) is 5.06. The molecule has 1 aliphatic rings. The molecule has 1 fully saturated rings. The molecule has 8 heteroatoms. The lowest BCUT2D eigenvalue weighted by atomic mass is 10.0. The molecule has 26 heavy (non-hydrogen) atoms. The minimum atomic E-state index is -0.849. The van der Waals surface area contributed by atoms with Crippen molar-refractivity contribution in [1.29, 1.82) is 0 Å². The van der Waals surface area contributed by atoms with Crippen LogP contribution in [0.5, 0.6) is 0 Å². The largest absolute Gasteiger partial charge is 0.352 e. The normalized spacial score (nSPS) is 17.3. The highest BCUT2D eigenvalue weighted by atomic mass is 19.1. The molecular formula is C18H22FN5O2. The molecule has 3 amide bonds. The molecule has 2 aromatic rings. The number of carbonyl (C=O) groups is 2. The number of nitrogens with zero attached hydrogens (tertiary/aromatic N) is 3. The van der Waals surface area contributed by atoms with Gasteiger partial charge in [0.15, 0.2) is 0 Å². The van der Waals surface area contributed by atoms with E-state index in [-0.39, 0.29) is 18.0 Å². The quantitative estimate of drug-likeness (QED) is 0.876. The van der Waals surface area contributed by atoms with E-state index in [0.29, 0.717) is 25.2 Å². The number of carbonyl (C=O) groups excluding carboxylic acids is 2. The number of hydrogen-bond donors (Lipinski definition) is 2. The van der Waals surface area contributed by atoms with Gasteiger partial charge in [-0.05, 0) is 31.5 Å². The molecule has 2 N–H and O–H groups in total. The second-order valence-electron chi connectivity index (χ2n) is 6.52. The number of rotatable bonds is 4. The van der Waals surface area contributed by atoms with Gasteiger partial charge in [-0.15, -0.1) is 0 Å². The van der Waals surface area contributed by atoms with Crippen molar-refractivity contribution < 1.29 is 14.0 Å². The lowest BCUT2D eigenvalue weighted by molar-refractivity contribution is -0.127. The monoisotopic (exact) mass is 359 g/mol. The van der Waals surface area contributed by atoms with E-state index < -0.39 is 11.9 Å². The van der Waals surface area contributed by atoms with E-state index in [4.69, 9.17) is 0 Å². The summed E-state index contributed by atoms with van der Waals surface area (Å²) < 4.78 is 15.4. The van der Waals surface area contributed by atoms with Crippen LogP contribution in [0.1, 0.15) is 37.1 Å². The first kappa shape index (κ1) is 17.9. The van der Waals surface area contributed by atoms with E-state index >= 15 is 0 Å². The molecular weight excluding hydrogens is 337 g/mol. The lowest BCUT2D eigenvalue weighted by Crippen LogP contribution is -2.54. The number of amides is 3. The average molecular weight is 359 g/mol. The van der Waals surface area contributed by atoms with Crippen LogP contribution in [0.4, 0.5) is 9.18 Å². The van der Waals surface area contributed by atoms with E-state index in [0.717, 1.165) is 5.56 Å². The molecule has 1 aliphatic heterocycles. The predicted molar refractivity (Wildman–Crippen MR) is 93.7 cm³/mol. The number of hydrogen-bond acceptors (Lipinski definition) is 3. The summed E-state index contributed by atoms with van der Waals surface area (Å²) in [6, 6.07) is 4.78. The maximum atomic E-state index is 13.6. The first-order chi connectivity index (χ1) is 12.5. The third-order valence-corrected chi connectivity index (χ3v) is 4.27.